The Kier molecular flexibility index (Phi) is 5.26. The van der Waals surface area contributed by atoms with Crippen molar-refractivity contribution in [2.45, 2.75) is 13.5 Å². The molecular formula is C25H20N8O4. The number of aromatic hydroxyl groups is 1. The standard InChI is InChI=1S/C25H20N8O4/c1-14-28-24(31-37-14)18-7-6-16(11-27-18)36-21-10-20-19(29-23(30-20)17-5-3-4-8-26-17)9-15(21)12-33-22(34)13-32(2)25(33)35/h3-11,13,34H,12H2,1-2H3,(H,29,30). The van der Waals surface area contributed by atoms with Crippen LogP contribution in [0.3, 0.4) is 0 Å². The first-order chi connectivity index (χ1) is 17.9. The van der Waals surface area contributed by atoms with Crippen LogP contribution in [0.5, 0.6) is 17.4 Å². The Morgan fingerprint density at radius 2 is 2.00 bits per heavy atom. The number of imidazole rings is 2. The number of nitrogens with zero attached hydrogens (tertiary/aromatic N) is 7. The number of fused-ring (bicyclic) bond motifs is 1. The Hall–Kier alpha value is -5.26. The normalized spacial score (nSPS) is 11.3. The summed E-state index contributed by atoms with van der Waals surface area (Å²) in [6.45, 7) is 1.78. The number of aromatic amines is 1. The van der Waals surface area contributed by atoms with Crippen molar-refractivity contribution < 1.29 is 14.4 Å². The number of hydrogen-bond donors (Lipinski definition) is 2. The highest BCUT2D eigenvalue weighted by atomic mass is 16.5. The van der Waals surface area contributed by atoms with Gasteiger partial charge in [-0.2, -0.15) is 4.98 Å². The number of hydrogen-bond acceptors (Lipinski definition) is 9. The molecule has 0 saturated heterocycles. The third kappa shape index (κ3) is 4.20. The highest BCUT2D eigenvalue weighted by Crippen LogP contribution is 2.32. The van der Waals surface area contributed by atoms with Gasteiger partial charge in [-0.05, 0) is 30.3 Å². The number of pyridine rings is 2. The van der Waals surface area contributed by atoms with Crippen LogP contribution >= 0.6 is 0 Å². The fraction of sp³-hybridized carbons (Fsp3) is 0.120. The van der Waals surface area contributed by atoms with Gasteiger partial charge in [-0.1, -0.05) is 11.2 Å². The molecule has 5 heterocycles. The molecule has 184 valence electrons. The van der Waals surface area contributed by atoms with Crippen LogP contribution in [-0.4, -0.2) is 44.3 Å². The topological polar surface area (TPSA) is 150 Å². The summed E-state index contributed by atoms with van der Waals surface area (Å²) in [6.07, 6.45) is 4.60. The Bertz CT molecular complexity index is 1780. The maximum atomic E-state index is 12.6. The van der Waals surface area contributed by atoms with Crippen LogP contribution in [0.4, 0.5) is 0 Å². The summed E-state index contributed by atoms with van der Waals surface area (Å²) >= 11 is 0. The first kappa shape index (κ1) is 22.2. The SMILES string of the molecule is Cc1nc(-c2ccc(Oc3cc4nc(-c5ccccn5)[nH]c4cc3Cn3c(O)cn(C)c3=O)cn2)no1. The van der Waals surface area contributed by atoms with E-state index < -0.39 is 0 Å². The number of ether oxygens (including phenoxy) is 1. The highest BCUT2D eigenvalue weighted by molar-refractivity contribution is 5.81. The van der Waals surface area contributed by atoms with Crippen LogP contribution in [0.25, 0.3) is 34.1 Å². The second kappa shape index (κ2) is 8.75. The van der Waals surface area contributed by atoms with Crippen LogP contribution in [0, 0.1) is 6.92 Å². The van der Waals surface area contributed by atoms with E-state index in [-0.39, 0.29) is 18.1 Å². The first-order valence-corrected chi connectivity index (χ1v) is 11.3. The van der Waals surface area contributed by atoms with Crippen molar-refractivity contribution in [3.8, 4) is 40.4 Å². The van der Waals surface area contributed by atoms with Gasteiger partial charge in [0.05, 0.1) is 30.0 Å². The summed E-state index contributed by atoms with van der Waals surface area (Å²) < 4.78 is 13.8. The quantitative estimate of drug-likeness (QED) is 0.353. The molecule has 0 spiro atoms. The number of aromatic nitrogens is 8. The van der Waals surface area contributed by atoms with E-state index in [4.69, 9.17) is 9.26 Å². The Labute approximate surface area is 208 Å². The molecule has 12 nitrogen and oxygen atoms in total. The maximum Gasteiger partial charge on any atom is 0.331 e. The minimum Gasteiger partial charge on any atom is -0.493 e. The molecular weight excluding hydrogens is 476 g/mol. The fourth-order valence-electron chi connectivity index (χ4n) is 3.93. The molecule has 0 saturated carbocycles. The van der Waals surface area contributed by atoms with Gasteiger partial charge >= 0.3 is 5.69 Å². The molecule has 0 amide bonds. The smallest absolute Gasteiger partial charge is 0.331 e. The van der Waals surface area contributed by atoms with Gasteiger partial charge in [0.2, 0.25) is 17.6 Å². The number of H-pyrrole nitrogens is 1. The van der Waals surface area contributed by atoms with E-state index in [0.29, 0.717) is 51.5 Å². The molecule has 0 radical (unpaired) electrons. The van der Waals surface area contributed by atoms with Crippen molar-refractivity contribution in [1.82, 2.24) is 39.2 Å². The highest BCUT2D eigenvalue weighted by Gasteiger charge is 2.17. The lowest BCUT2D eigenvalue weighted by Gasteiger charge is -2.12. The van der Waals surface area contributed by atoms with E-state index >= 15 is 0 Å². The molecule has 5 aromatic heterocycles. The summed E-state index contributed by atoms with van der Waals surface area (Å²) in [5.74, 6) is 2.17. The molecule has 6 rings (SSSR count). The summed E-state index contributed by atoms with van der Waals surface area (Å²) in [4.78, 5) is 33.4. The molecule has 0 bridgehead atoms. The minimum atomic E-state index is -0.358. The van der Waals surface area contributed by atoms with Gasteiger partial charge < -0.3 is 19.4 Å². The lowest BCUT2D eigenvalue weighted by molar-refractivity contribution is 0.394. The van der Waals surface area contributed by atoms with Gasteiger partial charge in [0.15, 0.2) is 5.82 Å². The molecule has 12 heteroatoms. The summed E-state index contributed by atoms with van der Waals surface area (Å²) in [6, 6.07) is 12.6. The van der Waals surface area contributed by atoms with Crippen LogP contribution in [-0.2, 0) is 13.6 Å². The zero-order valence-electron chi connectivity index (χ0n) is 19.8. The zero-order chi connectivity index (χ0) is 25.5. The molecule has 0 unspecified atom stereocenters. The Morgan fingerprint density at radius 1 is 1.11 bits per heavy atom. The number of nitrogens with one attached hydrogen (secondary N) is 1. The van der Waals surface area contributed by atoms with Gasteiger partial charge in [-0.3, -0.25) is 14.1 Å². The van der Waals surface area contributed by atoms with Gasteiger partial charge in [0.1, 0.15) is 22.9 Å². The van der Waals surface area contributed by atoms with Crippen molar-refractivity contribution in [3.63, 3.8) is 0 Å². The summed E-state index contributed by atoms with van der Waals surface area (Å²) in [5.41, 5.74) is 2.89. The Balaban J connectivity index is 1.40. The molecule has 1 aromatic carbocycles. The van der Waals surface area contributed by atoms with Crippen molar-refractivity contribution in [1.29, 1.82) is 0 Å². The number of aryl methyl sites for hydroxylation is 2. The zero-order valence-corrected chi connectivity index (χ0v) is 19.8. The molecule has 0 atom stereocenters. The molecule has 6 aromatic rings. The second-order valence-corrected chi connectivity index (χ2v) is 8.36. The predicted octanol–water partition coefficient (Wildman–Crippen LogP) is 3.42. The van der Waals surface area contributed by atoms with Crippen molar-refractivity contribution in [2.24, 2.45) is 7.05 Å². The third-order valence-corrected chi connectivity index (χ3v) is 5.74. The van der Waals surface area contributed by atoms with E-state index in [1.807, 2.05) is 24.3 Å². The van der Waals surface area contributed by atoms with Crippen molar-refractivity contribution in [2.75, 3.05) is 0 Å². The van der Waals surface area contributed by atoms with Crippen LogP contribution in [0.1, 0.15) is 11.5 Å². The molecule has 0 fully saturated rings. The van der Waals surface area contributed by atoms with Crippen molar-refractivity contribution in [3.05, 3.63) is 83.0 Å². The molecule has 2 N–H and O–H groups in total. The lowest BCUT2D eigenvalue weighted by Crippen LogP contribution is -2.22. The predicted molar refractivity (Wildman–Crippen MR) is 132 cm³/mol. The molecule has 0 aliphatic carbocycles. The first-order valence-electron chi connectivity index (χ1n) is 11.3. The van der Waals surface area contributed by atoms with Gasteiger partial charge in [0.25, 0.3) is 0 Å². The largest absolute Gasteiger partial charge is 0.493 e. The van der Waals surface area contributed by atoms with Gasteiger partial charge in [-0.25, -0.2) is 14.8 Å². The maximum absolute atomic E-state index is 12.6. The van der Waals surface area contributed by atoms with E-state index in [2.05, 4.69) is 30.1 Å². The van der Waals surface area contributed by atoms with Gasteiger partial charge in [-0.15, -0.1) is 0 Å². The minimum absolute atomic E-state index is 0.0718. The van der Waals surface area contributed by atoms with Crippen molar-refractivity contribution >= 4 is 11.0 Å². The number of benzene rings is 1. The molecule has 0 aliphatic heterocycles. The van der Waals surface area contributed by atoms with Crippen LogP contribution < -0.4 is 10.4 Å². The average molecular weight is 496 g/mol. The fourth-order valence-corrected chi connectivity index (χ4v) is 3.93. The monoisotopic (exact) mass is 496 g/mol. The average Bonchev–Trinajstić information content (AvgIpc) is 3.59. The molecule has 37 heavy (non-hydrogen) atoms. The van der Waals surface area contributed by atoms with Crippen LogP contribution in [0.15, 0.2) is 70.4 Å². The lowest BCUT2D eigenvalue weighted by atomic mass is 10.1. The third-order valence-electron chi connectivity index (χ3n) is 5.74. The summed E-state index contributed by atoms with van der Waals surface area (Å²) in [5, 5.41) is 14.2. The van der Waals surface area contributed by atoms with E-state index in [0.717, 1.165) is 5.52 Å². The summed E-state index contributed by atoms with van der Waals surface area (Å²) in [7, 11) is 1.58. The van der Waals surface area contributed by atoms with Crippen LogP contribution in [0.2, 0.25) is 0 Å². The van der Waals surface area contributed by atoms with Gasteiger partial charge in [0, 0.05) is 31.8 Å². The second-order valence-electron chi connectivity index (χ2n) is 8.36. The number of rotatable bonds is 6. The van der Waals surface area contributed by atoms with E-state index in [1.165, 1.54) is 15.3 Å². The Morgan fingerprint density at radius 3 is 2.68 bits per heavy atom. The van der Waals surface area contributed by atoms with E-state index in [9.17, 15) is 9.90 Å². The molecule has 0 aliphatic rings. The van der Waals surface area contributed by atoms with E-state index in [1.54, 1.807) is 44.6 Å².